The van der Waals surface area contributed by atoms with Crippen molar-refractivity contribution >= 4 is 32.5 Å². The van der Waals surface area contributed by atoms with Crippen molar-refractivity contribution < 1.29 is 9.84 Å². The third-order valence-electron chi connectivity index (χ3n) is 6.48. The van der Waals surface area contributed by atoms with Gasteiger partial charge < -0.3 is 14.7 Å². The van der Waals surface area contributed by atoms with Gasteiger partial charge in [0.05, 0.1) is 16.6 Å². The molecule has 0 bridgehead atoms. The molecule has 1 atom stereocenters. The number of piperazine rings is 1. The molecule has 2 heterocycles. The highest BCUT2D eigenvalue weighted by Crippen LogP contribution is 2.21. The highest BCUT2D eigenvalue weighted by Gasteiger charge is 2.20. The van der Waals surface area contributed by atoms with E-state index in [1.54, 1.807) is 10.6 Å². The Morgan fingerprint density at radius 1 is 0.972 bits per heavy atom. The van der Waals surface area contributed by atoms with Gasteiger partial charge in [-0.25, -0.2) is 4.98 Å². The number of aryl methyl sites for hydroxylation is 1. The second-order valence-corrected chi connectivity index (χ2v) is 9.96. The number of fused-ring (bicyclic) bond motifs is 1. The molecule has 36 heavy (non-hydrogen) atoms. The van der Waals surface area contributed by atoms with Gasteiger partial charge in [0.15, 0.2) is 0 Å². The zero-order valence-electron chi connectivity index (χ0n) is 20.2. The Balaban J connectivity index is 1.21. The predicted molar refractivity (Wildman–Crippen MR) is 146 cm³/mol. The van der Waals surface area contributed by atoms with E-state index in [1.807, 2.05) is 49.4 Å². The highest BCUT2D eigenvalue weighted by atomic mass is 79.9. The van der Waals surface area contributed by atoms with Crippen LogP contribution in [0.2, 0.25) is 0 Å². The van der Waals surface area contributed by atoms with Gasteiger partial charge in [-0.1, -0.05) is 40.2 Å². The van der Waals surface area contributed by atoms with Gasteiger partial charge in [-0.3, -0.25) is 14.3 Å². The third kappa shape index (κ3) is 5.46. The Labute approximate surface area is 218 Å². The molecule has 0 radical (unpaired) electrons. The molecule has 1 saturated heterocycles. The Hall–Kier alpha value is -3.20. The van der Waals surface area contributed by atoms with Gasteiger partial charge in [-0.15, -0.1) is 0 Å². The van der Waals surface area contributed by atoms with Gasteiger partial charge in [0.25, 0.3) is 5.56 Å². The SMILES string of the molecule is Cc1nc2ccc(Br)cc2c(=O)n1-c1cccc(OCC(O)CN2CCN(c3ccccc3)CC2)c1. The number of anilines is 1. The summed E-state index contributed by atoms with van der Waals surface area (Å²) in [6.45, 7) is 6.22. The minimum absolute atomic E-state index is 0.134. The number of halogens is 1. The lowest BCUT2D eigenvalue weighted by atomic mass is 10.2. The number of benzene rings is 3. The number of hydrogen-bond donors (Lipinski definition) is 1. The summed E-state index contributed by atoms with van der Waals surface area (Å²) in [7, 11) is 0. The summed E-state index contributed by atoms with van der Waals surface area (Å²) in [6, 6.07) is 23.3. The zero-order valence-corrected chi connectivity index (χ0v) is 21.8. The molecule has 8 heteroatoms. The van der Waals surface area contributed by atoms with Crippen LogP contribution in [-0.2, 0) is 0 Å². The van der Waals surface area contributed by atoms with Gasteiger partial charge in [0, 0.05) is 49.0 Å². The van der Waals surface area contributed by atoms with Crippen molar-refractivity contribution in [2.75, 3.05) is 44.2 Å². The van der Waals surface area contributed by atoms with Gasteiger partial charge in [-0.2, -0.15) is 0 Å². The van der Waals surface area contributed by atoms with Crippen LogP contribution in [0.4, 0.5) is 5.69 Å². The van der Waals surface area contributed by atoms with E-state index < -0.39 is 6.10 Å². The maximum atomic E-state index is 13.2. The van der Waals surface area contributed by atoms with Crippen molar-refractivity contribution in [3.8, 4) is 11.4 Å². The fraction of sp³-hybridized carbons (Fsp3) is 0.286. The molecule has 3 aromatic carbocycles. The van der Waals surface area contributed by atoms with E-state index in [-0.39, 0.29) is 12.2 Å². The lowest BCUT2D eigenvalue weighted by molar-refractivity contribution is 0.0663. The minimum atomic E-state index is -0.610. The number of aromatic nitrogens is 2. The van der Waals surface area contributed by atoms with E-state index in [9.17, 15) is 9.90 Å². The van der Waals surface area contributed by atoms with Gasteiger partial charge in [0.1, 0.15) is 24.3 Å². The van der Waals surface area contributed by atoms with Crippen molar-refractivity contribution in [2.45, 2.75) is 13.0 Å². The van der Waals surface area contributed by atoms with Crippen LogP contribution in [0.5, 0.6) is 5.75 Å². The number of aliphatic hydroxyl groups is 1. The molecule has 1 aromatic heterocycles. The highest BCUT2D eigenvalue weighted by molar-refractivity contribution is 9.10. The van der Waals surface area contributed by atoms with Gasteiger partial charge >= 0.3 is 0 Å². The first-order valence-electron chi connectivity index (χ1n) is 12.1. The number of ether oxygens (including phenoxy) is 1. The van der Waals surface area contributed by atoms with E-state index in [0.717, 1.165) is 30.7 Å². The van der Waals surface area contributed by atoms with E-state index >= 15 is 0 Å². The van der Waals surface area contributed by atoms with Crippen molar-refractivity contribution in [1.82, 2.24) is 14.5 Å². The standard InChI is InChI=1S/C28H29BrN4O3/c1-20-30-27-11-10-21(29)16-26(27)28(35)33(20)23-8-5-9-25(17-23)36-19-24(34)18-31-12-14-32(15-13-31)22-6-3-2-4-7-22/h2-11,16-17,24,34H,12-15,18-19H2,1H3. The average Bonchev–Trinajstić information content (AvgIpc) is 2.89. The molecule has 0 aliphatic carbocycles. The number of hydrogen-bond acceptors (Lipinski definition) is 6. The first-order valence-corrected chi connectivity index (χ1v) is 12.9. The molecule has 1 N–H and O–H groups in total. The topological polar surface area (TPSA) is 70.8 Å². The monoisotopic (exact) mass is 548 g/mol. The fourth-order valence-electron chi connectivity index (χ4n) is 4.66. The van der Waals surface area contributed by atoms with Crippen LogP contribution in [0.25, 0.3) is 16.6 Å². The first kappa shape index (κ1) is 24.5. The maximum absolute atomic E-state index is 13.2. The molecular formula is C28H29BrN4O3. The fourth-order valence-corrected chi connectivity index (χ4v) is 5.02. The number of para-hydroxylation sites is 1. The molecule has 0 spiro atoms. The summed E-state index contributed by atoms with van der Waals surface area (Å²) in [5.41, 5.74) is 2.45. The Bertz CT molecular complexity index is 1400. The lowest BCUT2D eigenvalue weighted by Gasteiger charge is -2.36. The summed E-state index contributed by atoms with van der Waals surface area (Å²) in [5, 5.41) is 11.2. The summed E-state index contributed by atoms with van der Waals surface area (Å²) in [6.07, 6.45) is -0.610. The maximum Gasteiger partial charge on any atom is 0.266 e. The summed E-state index contributed by atoms with van der Waals surface area (Å²) >= 11 is 3.44. The molecule has 0 amide bonds. The second-order valence-electron chi connectivity index (χ2n) is 9.05. The third-order valence-corrected chi connectivity index (χ3v) is 6.97. The number of β-amino-alcohol motifs (C(OH)–C–C–N with tert-alkyl or cyclic N) is 1. The molecule has 186 valence electrons. The van der Waals surface area contributed by atoms with E-state index in [0.29, 0.717) is 34.7 Å². The Morgan fingerprint density at radius 3 is 2.50 bits per heavy atom. The van der Waals surface area contributed by atoms with Gasteiger partial charge in [-0.05, 0) is 49.4 Å². The summed E-state index contributed by atoms with van der Waals surface area (Å²) in [4.78, 5) is 22.5. The Morgan fingerprint density at radius 2 is 1.72 bits per heavy atom. The Kier molecular flexibility index (Phi) is 7.36. The van der Waals surface area contributed by atoms with Crippen LogP contribution in [0.1, 0.15) is 5.82 Å². The number of rotatable bonds is 7. The second kappa shape index (κ2) is 10.8. The zero-order chi connectivity index (χ0) is 25.1. The van der Waals surface area contributed by atoms with Crippen LogP contribution < -0.4 is 15.2 Å². The largest absolute Gasteiger partial charge is 0.491 e. The average molecular weight is 549 g/mol. The van der Waals surface area contributed by atoms with Crippen LogP contribution >= 0.6 is 15.9 Å². The summed E-state index contributed by atoms with van der Waals surface area (Å²) in [5.74, 6) is 1.20. The molecule has 1 aliphatic rings. The summed E-state index contributed by atoms with van der Waals surface area (Å²) < 4.78 is 8.34. The molecule has 5 rings (SSSR count). The quantitative estimate of drug-likeness (QED) is 0.376. The molecule has 1 unspecified atom stereocenters. The van der Waals surface area contributed by atoms with Crippen molar-refractivity contribution in [3.63, 3.8) is 0 Å². The van der Waals surface area contributed by atoms with E-state index in [4.69, 9.17) is 4.74 Å². The molecule has 7 nitrogen and oxygen atoms in total. The van der Waals surface area contributed by atoms with E-state index in [1.165, 1.54) is 5.69 Å². The normalized spacial score (nSPS) is 15.2. The number of aliphatic hydroxyl groups excluding tert-OH is 1. The smallest absolute Gasteiger partial charge is 0.266 e. The van der Waals surface area contributed by atoms with Crippen molar-refractivity contribution in [1.29, 1.82) is 0 Å². The first-order chi connectivity index (χ1) is 17.5. The number of nitrogens with zero attached hydrogens (tertiary/aromatic N) is 4. The van der Waals surface area contributed by atoms with Crippen LogP contribution in [0, 0.1) is 6.92 Å². The molecule has 4 aromatic rings. The lowest BCUT2D eigenvalue weighted by Crippen LogP contribution is -2.49. The van der Waals surface area contributed by atoms with Crippen LogP contribution in [0.3, 0.4) is 0 Å². The minimum Gasteiger partial charge on any atom is -0.491 e. The molecule has 1 fully saturated rings. The van der Waals surface area contributed by atoms with Crippen LogP contribution in [0.15, 0.2) is 82.1 Å². The molecular weight excluding hydrogens is 520 g/mol. The molecule has 0 saturated carbocycles. The predicted octanol–water partition coefficient (Wildman–Crippen LogP) is 4.02. The van der Waals surface area contributed by atoms with Crippen LogP contribution in [-0.4, -0.2) is 65.0 Å². The van der Waals surface area contributed by atoms with E-state index in [2.05, 4.69) is 55.0 Å². The van der Waals surface area contributed by atoms with Crippen molar-refractivity contribution in [2.24, 2.45) is 0 Å². The van der Waals surface area contributed by atoms with Gasteiger partial charge in [0.2, 0.25) is 0 Å². The van der Waals surface area contributed by atoms with Crippen molar-refractivity contribution in [3.05, 3.63) is 93.4 Å². The molecule has 1 aliphatic heterocycles.